The number of nitrogens with zero attached hydrogens (tertiary/aromatic N) is 4. The van der Waals surface area contributed by atoms with Gasteiger partial charge in [0.2, 0.25) is 0 Å². The summed E-state index contributed by atoms with van der Waals surface area (Å²) in [6, 6.07) is 18.4. The average Bonchev–Trinajstić information content (AvgIpc) is 2.84. The van der Waals surface area contributed by atoms with Crippen molar-refractivity contribution in [2.75, 3.05) is 19.0 Å². The lowest BCUT2D eigenvalue weighted by molar-refractivity contribution is 0.0696. The highest BCUT2D eigenvalue weighted by Gasteiger charge is 2.27. The van der Waals surface area contributed by atoms with Gasteiger partial charge in [0, 0.05) is 37.6 Å². The first-order chi connectivity index (χ1) is 15.0. The molecule has 0 N–H and O–H groups in total. The van der Waals surface area contributed by atoms with Crippen molar-refractivity contribution in [2.24, 2.45) is 0 Å². The summed E-state index contributed by atoms with van der Waals surface area (Å²) < 4.78 is 0. The van der Waals surface area contributed by atoms with Crippen molar-refractivity contribution in [1.82, 2.24) is 14.9 Å². The van der Waals surface area contributed by atoms with Crippen molar-refractivity contribution in [3.63, 3.8) is 0 Å². The van der Waals surface area contributed by atoms with Crippen molar-refractivity contribution in [3.05, 3.63) is 71.9 Å². The molecule has 0 aliphatic heterocycles. The molecule has 0 spiro atoms. The van der Waals surface area contributed by atoms with Crippen LogP contribution in [0.25, 0.3) is 11.4 Å². The summed E-state index contributed by atoms with van der Waals surface area (Å²) in [5.74, 6) is 1.23. The van der Waals surface area contributed by atoms with Crippen molar-refractivity contribution in [2.45, 2.75) is 45.1 Å². The van der Waals surface area contributed by atoms with Crippen molar-refractivity contribution >= 4 is 17.4 Å². The second kappa shape index (κ2) is 9.29. The van der Waals surface area contributed by atoms with E-state index in [0.717, 1.165) is 24.1 Å². The Kier molecular flexibility index (Phi) is 6.31. The third kappa shape index (κ3) is 4.61. The fourth-order valence-electron chi connectivity index (χ4n) is 4.22. The molecule has 1 heterocycles. The molecule has 1 aliphatic carbocycles. The Bertz CT molecular complexity index is 1030. The summed E-state index contributed by atoms with van der Waals surface area (Å²) in [5, 5.41) is 0. The van der Waals surface area contributed by atoms with Gasteiger partial charge >= 0.3 is 0 Å². The first kappa shape index (κ1) is 21.0. The van der Waals surface area contributed by atoms with E-state index < -0.39 is 0 Å². The standard InChI is InChI=1S/C26H30N4O/c1-19-14-16-22(17-15-19)29(2)25-23(26(31)30(3)21-12-8-5-9-13-21)18-27-24(28-25)20-10-6-4-7-11-20/h4,6-7,10-11,14-18,21H,5,8-9,12-13H2,1-3H3. The SMILES string of the molecule is Cc1ccc(N(C)c2nc(-c3ccccc3)ncc2C(=O)N(C)C2CCCCC2)cc1. The number of hydrogen-bond acceptors (Lipinski definition) is 4. The molecule has 4 rings (SSSR count). The normalized spacial score (nSPS) is 14.3. The Morgan fingerprint density at radius 2 is 1.61 bits per heavy atom. The second-order valence-corrected chi connectivity index (χ2v) is 8.40. The topological polar surface area (TPSA) is 49.3 Å². The molecule has 3 aromatic rings. The zero-order valence-electron chi connectivity index (χ0n) is 18.6. The minimum atomic E-state index is -0.0135. The van der Waals surface area contributed by atoms with Gasteiger partial charge < -0.3 is 9.80 Å². The Labute approximate surface area is 184 Å². The summed E-state index contributed by atoms with van der Waals surface area (Å²) in [7, 11) is 3.87. The molecule has 1 amide bonds. The number of aromatic nitrogens is 2. The maximum atomic E-state index is 13.5. The van der Waals surface area contributed by atoms with Crippen LogP contribution in [0.1, 0.15) is 48.0 Å². The Morgan fingerprint density at radius 3 is 2.29 bits per heavy atom. The first-order valence-corrected chi connectivity index (χ1v) is 11.0. The quantitative estimate of drug-likeness (QED) is 0.543. The predicted molar refractivity (Wildman–Crippen MR) is 126 cm³/mol. The van der Waals surface area contributed by atoms with Crippen LogP contribution in [0.15, 0.2) is 60.8 Å². The molecule has 1 aliphatic rings. The molecule has 160 valence electrons. The van der Waals surface area contributed by atoms with E-state index in [1.807, 2.05) is 54.2 Å². The number of rotatable bonds is 5. The Balaban J connectivity index is 1.74. The lowest BCUT2D eigenvalue weighted by atomic mass is 9.94. The fraction of sp³-hybridized carbons (Fsp3) is 0.346. The Hall–Kier alpha value is -3.21. The minimum Gasteiger partial charge on any atom is -0.339 e. The molecule has 5 heteroatoms. The highest BCUT2D eigenvalue weighted by Crippen LogP contribution is 2.30. The summed E-state index contributed by atoms with van der Waals surface area (Å²) in [5.41, 5.74) is 3.65. The van der Waals surface area contributed by atoms with E-state index in [1.54, 1.807) is 6.20 Å². The van der Waals surface area contributed by atoms with Crippen LogP contribution in [0.2, 0.25) is 0 Å². The molecule has 0 atom stereocenters. The van der Waals surface area contributed by atoms with E-state index in [-0.39, 0.29) is 11.9 Å². The monoisotopic (exact) mass is 414 g/mol. The van der Waals surface area contributed by atoms with Crippen LogP contribution >= 0.6 is 0 Å². The first-order valence-electron chi connectivity index (χ1n) is 11.0. The van der Waals surface area contributed by atoms with Gasteiger partial charge in [0.05, 0.1) is 0 Å². The molecule has 1 aromatic heterocycles. The minimum absolute atomic E-state index is 0.0135. The van der Waals surface area contributed by atoms with Gasteiger partial charge in [-0.1, -0.05) is 67.3 Å². The number of aryl methyl sites for hydroxylation is 1. The highest BCUT2D eigenvalue weighted by molar-refractivity contribution is 5.99. The molecule has 1 fully saturated rings. The van der Waals surface area contributed by atoms with Crippen LogP contribution in [0.5, 0.6) is 0 Å². The van der Waals surface area contributed by atoms with Gasteiger partial charge in [-0.15, -0.1) is 0 Å². The van der Waals surface area contributed by atoms with Crippen molar-refractivity contribution in [3.8, 4) is 11.4 Å². The molecular weight excluding hydrogens is 384 g/mol. The second-order valence-electron chi connectivity index (χ2n) is 8.40. The third-order valence-electron chi connectivity index (χ3n) is 6.21. The molecule has 0 bridgehead atoms. The number of carbonyl (C=O) groups is 1. The summed E-state index contributed by atoms with van der Waals surface area (Å²) in [6.45, 7) is 2.07. The van der Waals surface area contributed by atoms with Crippen molar-refractivity contribution in [1.29, 1.82) is 0 Å². The van der Waals surface area contributed by atoms with Gasteiger partial charge in [-0.3, -0.25) is 4.79 Å². The third-order valence-corrected chi connectivity index (χ3v) is 6.21. The maximum absolute atomic E-state index is 13.5. The highest BCUT2D eigenvalue weighted by atomic mass is 16.2. The van der Waals surface area contributed by atoms with E-state index in [9.17, 15) is 4.79 Å². The van der Waals surface area contributed by atoms with Crippen LogP contribution in [0, 0.1) is 6.92 Å². The number of carbonyl (C=O) groups excluding carboxylic acids is 1. The molecule has 0 saturated heterocycles. The molecule has 1 saturated carbocycles. The summed E-state index contributed by atoms with van der Waals surface area (Å²) in [6.07, 6.45) is 7.44. The number of hydrogen-bond donors (Lipinski definition) is 0. The molecule has 31 heavy (non-hydrogen) atoms. The van der Waals surface area contributed by atoms with Gasteiger partial charge in [-0.2, -0.15) is 0 Å². The smallest absolute Gasteiger partial charge is 0.259 e. The van der Waals surface area contributed by atoms with Gasteiger partial charge in [-0.05, 0) is 31.9 Å². The largest absolute Gasteiger partial charge is 0.339 e. The number of benzene rings is 2. The molecule has 2 aromatic carbocycles. The van der Waals surface area contributed by atoms with E-state index in [2.05, 4.69) is 36.2 Å². The van der Waals surface area contributed by atoms with E-state index in [4.69, 9.17) is 4.98 Å². The number of anilines is 2. The summed E-state index contributed by atoms with van der Waals surface area (Å²) in [4.78, 5) is 26.8. The lowest BCUT2D eigenvalue weighted by Gasteiger charge is -2.32. The molecule has 5 nitrogen and oxygen atoms in total. The van der Waals surface area contributed by atoms with Crippen LogP contribution in [0.3, 0.4) is 0 Å². The van der Waals surface area contributed by atoms with Gasteiger partial charge in [-0.25, -0.2) is 9.97 Å². The zero-order chi connectivity index (χ0) is 21.8. The Morgan fingerprint density at radius 1 is 0.935 bits per heavy atom. The van der Waals surface area contributed by atoms with Gasteiger partial charge in [0.1, 0.15) is 11.4 Å². The lowest BCUT2D eigenvalue weighted by Crippen LogP contribution is -2.39. The van der Waals surface area contributed by atoms with Crippen LogP contribution < -0.4 is 4.90 Å². The van der Waals surface area contributed by atoms with Crippen LogP contribution in [-0.4, -0.2) is 40.9 Å². The molecule has 0 radical (unpaired) electrons. The predicted octanol–water partition coefficient (Wildman–Crippen LogP) is 5.62. The van der Waals surface area contributed by atoms with E-state index in [1.165, 1.54) is 24.8 Å². The fourth-order valence-corrected chi connectivity index (χ4v) is 4.22. The van der Waals surface area contributed by atoms with E-state index in [0.29, 0.717) is 17.2 Å². The molecule has 0 unspecified atom stereocenters. The zero-order valence-corrected chi connectivity index (χ0v) is 18.6. The van der Waals surface area contributed by atoms with Crippen molar-refractivity contribution < 1.29 is 4.79 Å². The summed E-state index contributed by atoms with van der Waals surface area (Å²) >= 11 is 0. The van der Waals surface area contributed by atoms with Crippen LogP contribution in [-0.2, 0) is 0 Å². The van der Waals surface area contributed by atoms with Gasteiger partial charge in [0.25, 0.3) is 5.91 Å². The van der Waals surface area contributed by atoms with Gasteiger partial charge in [0.15, 0.2) is 5.82 Å². The molecular formula is C26H30N4O. The van der Waals surface area contributed by atoms with E-state index >= 15 is 0 Å². The number of amides is 1. The average molecular weight is 415 g/mol. The van der Waals surface area contributed by atoms with Crippen LogP contribution in [0.4, 0.5) is 11.5 Å². The maximum Gasteiger partial charge on any atom is 0.259 e.